The van der Waals surface area contributed by atoms with Crippen molar-refractivity contribution in [2.24, 2.45) is 0 Å². The van der Waals surface area contributed by atoms with Gasteiger partial charge in [0.2, 0.25) is 0 Å². The van der Waals surface area contributed by atoms with Gasteiger partial charge in [-0.1, -0.05) is 12.5 Å². The smallest absolute Gasteiger partial charge is 0.169 e. The van der Waals surface area contributed by atoms with Gasteiger partial charge in [0.25, 0.3) is 0 Å². The summed E-state index contributed by atoms with van der Waals surface area (Å²) in [5.74, 6) is -2.28. The Kier molecular flexibility index (Phi) is 6.30. The van der Waals surface area contributed by atoms with Crippen LogP contribution in [-0.4, -0.2) is 30.3 Å². The molecule has 1 aromatic rings. The topological polar surface area (TPSA) is 20.3 Å². The van der Waals surface area contributed by atoms with Gasteiger partial charge in [-0.05, 0) is 63.9 Å². The number of Topliss-reactive ketones (excluding diaryl/α,β-unsaturated/α-hetero) is 1. The van der Waals surface area contributed by atoms with Gasteiger partial charge in [0.1, 0.15) is 0 Å². The highest BCUT2D eigenvalue weighted by atomic mass is 19.2. The molecule has 2 rings (SSSR count). The molecule has 115 valence electrons. The van der Waals surface area contributed by atoms with Gasteiger partial charge in [0, 0.05) is 6.42 Å². The number of carbonyl (C=O) groups excluding carboxylic acids is 1. The summed E-state index contributed by atoms with van der Waals surface area (Å²) in [6, 6.07) is 3.76. The molecule has 1 heterocycles. The number of hydrogen-bond acceptors (Lipinski definition) is 2. The molecule has 1 radical (unpaired) electrons. The first-order chi connectivity index (χ1) is 10.2. The van der Waals surface area contributed by atoms with Crippen LogP contribution >= 0.6 is 0 Å². The molecule has 4 heteroatoms. The maximum atomic E-state index is 13.5. The van der Waals surface area contributed by atoms with Crippen molar-refractivity contribution in [3.05, 3.63) is 41.8 Å². The normalized spacial score (nSPS) is 16.1. The van der Waals surface area contributed by atoms with Crippen molar-refractivity contribution in [3.8, 4) is 0 Å². The molecule has 0 N–H and O–H groups in total. The summed E-state index contributed by atoms with van der Waals surface area (Å²) < 4.78 is 26.5. The van der Waals surface area contributed by atoms with Crippen molar-refractivity contribution in [2.75, 3.05) is 19.6 Å². The van der Waals surface area contributed by atoms with Crippen LogP contribution < -0.4 is 0 Å². The molecule has 1 aromatic carbocycles. The third kappa shape index (κ3) is 4.88. The van der Waals surface area contributed by atoms with Crippen molar-refractivity contribution in [1.82, 2.24) is 4.90 Å². The average Bonchev–Trinajstić information content (AvgIpc) is 2.50. The van der Waals surface area contributed by atoms with Gasteiger partial charge in [-0.25, -0.2) is 8.78 Å². The molecule has 2 nitrogen and oxygen atoms in total. The Morgan fingerprint density at radius 1 is 1.10 bits per heavy atom. The number of unbranched alkanes of at least 4 members (excludes halogenated alkanes) is 2. The first kappa shape index (κ1) is 16.1. The Hall–Kier alpha value is -1.29. The Bertz CT molecular complexity index is 470. The summed E-state index contributed by atoms with van der Waals surface area (Å²) in [5.41, 5.74) is -0.124. The summed E-state index contributed by atoms with van der Waals surface area (Å²) in [6.07, 6.45) is 7.67. The lowest BCUT2D eigenvalue weighted by atomic mass is 10.0. The van der Waals surface area contributed by atoms with Crippen LogP contribution in [0.4, 0.5) is 8.78 Å². The minimum Gasteiger partial charge on any atom is -0.303 e. The number of ketones is 1. The summed E-state index contributed by atoms with van der Waals surface area (Å²) in [7, 11) is 0. The lowest BCUT2D eigenvalue weighted by Crippen LogP contribution is -2.30. The van der Waals surface area contributed by atoms with Crippen LogP contribution in [0.5, 0.6) is 0 Å². The van der Waals surface area contributed by atoms with Crippen LogP contribution in [0.15, 0.2) is 18.2 Å². The van der Waals surface area contributed by atoms with Gasteiger partial charge in [-0.15, -0.1) is 0 Å². The molecule has 0 aromatic heterocycles. The van der Waals surface area contributed by atoms with Crippen molar-refractivity contribution >= 4 is 5.78 Å². The van der Waals surface area contributed by atoms with E-state index in [-0.39, 0.29) is 17.8 Å². The zero-order valence-corrected chi connectivity index (χ0v) is 12.3. The third-order valence-corrected chi connectivity index (χ3v) is 3.93. The molecule has 1 saturated heterocycles. The molecule has 1 aliphatic heterocycles. The zero-order chi connectivity index (χ0) is 15.1. The molecule has 0 unspecified atom stereocenters. The Morgan fingerprint density at radius 3 is 2.62 bits per heavy atom. The molecule has 1 fully saturated rings. The molecular formula is C17H22F2NO. The molecule has 1 aliphatic rings. The van der Waals surface area contributed by atoms with Gasteiger partial charge < -0.3 is 4.90 Å². The lowest BCUT2D eigenvalue weighted by Gasteiger charge is -2.26. The van der Waals surface area contributed by atoms with E-state index in [4.69, 9.17) is 0 Å². The fourth-order valence-electron chi connectivity index (χ4n) is 2.68. The fourth-order valence-corrected chi connectivity index (χ4v) is 2.68. The monoisotopic (exact) mass is 294 g/mol. The fraction of sp³-hybridized carbons (Fsp3) is 0.529. The second-order valence-corrected chi connectivity index (χ2v) is 5.54. The third-order valence-electron chi connectivity index (χ3n) is 3.93. The standard InChI is InChI=1S/C17H22F2NO/c18-15-9-7-8-14(17(15)19)16(21)10-3-1-4-11-20-12-5-2-6-13-20/h2,7-9H,1,3-6,10-13H2. The van der Waals surface area contributed by atoms with E-state index in [1.807, 2.05) is 0 Å². The van der Waals surface area contributed by atoms with Crippen molar-refractivity contribution < 1.29 is 13.6 Å². The first-order valence-electron chi connectivity index (χ1n) is 7.69. The number of likely N-dealkylation sites (tertiary alicyclic amines) is 1. The summed E-state index contributed by atoms with van der Waals surface area (Å²) in [4.78, 5) is 14.3. The molecule has 0 atom stereocenters. The molecule has 0 bridgehead atoms. The minimum absolute atomic E-state index is 0.124. The van der Waals surface area contributed by atoms with E-state index in [0.717, 1.165) is 57.8 Å². The van der Waals surface area contributed by atoms with Crippen LogP contribution in [0.25, 0.3) is 0 Å². The van der Waals surface area contributed by atoms with Crippen LogP contribution in [-0.2, 0) is 0 Å². The van der Waals surface area contributed by atoms with E-state index < -0.39 is 11.6 Å². The quantitative estimate of drug-likeness (QED) is 0.559. The number of piperidine rings is 1. The summed E-state index contributed by atoms with van der Waals surface area (Å²) in [6.45, 7) is 3.33. The highest BCUT2D eigenvalue weighted by Crippen LogP contribution is 2.15. The highest BCUT2D eigenvalue weighted by molar-refractivity contribution is 5.96. The maximum Gasteiger partial charge on any atom is 0.169 e. The number of nitrogens with zero attached hydrogens (tertiary/aromatic N) is 1. The van der Waals surface area contributed by atoms with Crippen LogP contribution in [0.2, 0.25) is 0 Å². The largest absolute Gasteiger partial charge is 0.303 e. The van der Waals surface area contributed by atoms with E-state index in [1.165, 1.54) is 12.1 Å². The average molecular weight is 294 g/mol. The number of halogens is 2. The predicted octanol–water partition coefficient (Wildman–Crippen LogP) is 4.01. The van der Waals surface area contributed by atoms with Gasteiger partial charge in [-0.2, -0.15) is 0 Å². The summed E-state index contributed by atoms with van der Waals surface area (Å²) in [5, 5.41) is 0. The van der Waals surface area contributed by atoms with E-state index in [9.17, 15) is 13.6 Å². The van der Waals surface area contributed by atoms with Crippen LogP contribution in [0.3, 0.4) is 0 Å². The molecule has 0 saturated carbocycles. The van der Waals surface area contributed by atoms with Gasteiger partial charge in [-0.3, -0.25) is 4.79 Å². The zero-order valence-electron chi connectivity index (χ0n) is 12.3. The van der Waals surface area contributed by atoms with Crippen LogP contribution in [0, 0.1) is 18.1 Å². The molecule has 0 aliphatic carbocycles. The second kappa shape index (κ2) is 8.23. The SMILES string of the molecule is O=C(CCCCCN1CC[CH]CC1)c1cccc(F)c1F. The molecule has 21 heavy (non-hydrogen) atoms. The van der Waals surface area contributed by atoms with E-state index in [0.29, 0.717) is 0 Å². The minimum atomic E-state index is -1.02. The van der Waals surface area contributed by atoms with Gasteiger partial charge in [0.05, 0.1) is 5.56 Å². The van der Waals surface area contributed by atoms with E-state index in [2.05, 4.69) is 11.3 Å². The maximum absolute atomic E-state index is 13.5. The van der Waals surface area contributed by atoms with Crippen molar-refractivity contribution in [3.63, 3.8) is 0 Å². The van der Waals surface area contributed by atoms with E-state index >= 15 is 0 Å². The molecule has 0 spiro atoms. The Balaban J connectivity index is 1.66. The van der Waals surface area contributed by atoms with Gasteiger partial charge in [0.15, 0.2) is 17.4 Å². The van der Waals surface area contributed by atoms with Crippen molar-refractivity contribution in [2.45, 2.75) is 38.5 Å². The Morgan fingerprint density at radius 2 is 1.86 bits per heavy atom. The van der Waals surface area contributed by atoms with E-state index in [1.54, 1.807) is 0 Å². The highest BCUT2D eigenvalue weighted by Gasteiger charge is 2.14. The number of carbonyl (C=O) groups is 1. The second-order valence-electron chi connectivity index (χ2n) is 5.54. The first-order valence-corrected chi connectivity index (χ1v) is 7.69. The Labute approximate surface area is 125 Å². The summed E-state index contributed by atoms with van der Waals surface area (Å²) >= 11 is 0. The number of benzene rings is 1. The van der Waals surface area contributed by atoms with Crippen LogP contribution in [0.1, 0.15) is 48.9 Å². The number of rotatable bonds is 7. The molecule has 0 amide bonds. The number of hydrogen-bond donors (Lipinski definition) is 0. The lowest BCUT2D eigenvalue weighted by molar-refractivity contribution is 0.0973. The predicted molar refractivity (Wildman–Crippen MR) is 79.1 cm³/mol. The van der Waals surface area contributed by atoms with Crippen molar-refractivity contribution in [1.29, 1.82) is 0 Å². The molecular weight excluding hydrogens is 272 g/mol. The van der Waals surface area contributed by atoms with Gasteiger partial charge >= 0.3 is 0 Å².